The van der Waals surface area contributed by atoms with Crippen molar-refractivity contribution < 1.29 is 0 Å². The molecule has 1 nitrogen and oxygen atoms in total. The highest BCUT2D eigenvalue weighted by molar-refractivity contribution is 4.99. The van der Waals surface area contributed by atoms with Crippen LogP contribution in [-0.4, -0.2) is 23.5 Å². The molecule has 0 aromatic heterocycles. The molecule has 13 heavy (non-hydrogen) atoms. The molecule has 0 aliphatic rings. The molecule has 0 aliphatic heterocycles. The molecule has 0 saturated heterocycles. The number of hydrogen-bond donors (Lipinski definition) is 0. The van der Waals surface area contributed by atoms with E-state index in [1.165, 1.54) is 12.8 Å². The first kappa shape index (κ1) is 12.5. The maximum Gasteiger partial charge on any atom is 0.0606 e. The lowest BCUT2D eigenvalue weighted by Crippen LogP contribution is -2.39. The molecule has 0 heterocycles. The van der Waals surface area contributed by atoms with E-state index in [0.29, 0.717) is 12.1 Å². The zero-order valence-corrected chi connectivity index (χ0v) is 9.72. The summed E-state index contributed by atoms with van der Waals surface area (Å²) in [6, 6.07) is 1.30. The van der Waals surface area contributed by atoms with Crippen LogP contribution < -0.4 is 0 Å². The van der Waals surface area contributed by atoms with E-state index in [4.69, 9.17) is 0 Å². The average molecular weight is 181 g/mol. The van der Waals surface area contributed by atoms with Crippen LogP contribution in [0.5, 0.6) is 0 Å². The minimum absolute atomic E-state index is 0.649. The van der Waals surface area contributed by atoms with Crippen molar-refractivity contribution in [3.8, 4) is 11.8 Å². The summed E-state index contributed by atoms with van der Waals surface area (Å²) in [4.78, 5) is 2.48. The number of rotatable bonds is 5. The Morgan fingerprint density at radius 1 is 1.08 bits per heavy atom. The summed E-state index contributed by atoms with van der Waals surface area (Å²) in [6.45, 7) is 11.9. The Labute approximate surface area is 83.5 Å². The maximum atomic E-state index is 3.15. The lowest BCUT2D eigenvalue weighted by Gasteiger charge is -2.31. The van der Waals surface area contributed by atoms with Gasteiger partial charge in [-0.25, -0.2) is 0 Å². The van der Waals surface area contributed by atoms with E-state index < -0.39 is 0 Å². The maximum absolute atomic E-state index is 3.15. The minimum atomic E-state index is 0.649. The van der Waals surface area contributed by atoms with Crippen LogP contribution in [0.2, 0.25) is 0 Å². The molecule has 0 aliphatic carbocycles. The highest BCUT2D eigenvalue weighted by Crippen LogP contribution is 2.10. The van der Waals surface area contributed by atoms with Crippen molar-refractivity contribution in [1.29, 1.82) is 0 Å². The molecule has 0 radical (unpaired) electrons. The van der Waals surface area contributed by atoms with Crippen molar-refractivity contribution in [1.82, 2.24) is 4.90 Å². The van der Waals surface area contributed by atoms with Crippen molar-refractivity contribution in [2.75, 3.05) is 6.54 Å². The van der Waals surface area contributed by atoms with Gasteiger partial charge in [-0.2, -0.15) is 0 Å². The molecule has 0 saturated carbocycles. The molecule has 0 aromatic carbocycles. The average Bonchev–Trinajstić information content (AvgIpc) is 2.17. The summed E-state index contributed by atoms with van der Waals surface area (Å²) < 4.78 is 0. The van der Waals surface area contributed by atoms with Crippen LogP contribution in [0.3, 0.4) is 0 Å². The molecule has 0 N–H and O–H groups in total. The van der Waals surface area contributed by atoms with E-state index in [-0.39, 0.29) is 0 Å². The lowest BCUT2D eigenvalue weighted by molar-refractivity contribution is 0.167. The van der Waals surface area contributed by atoms with E-state index >= 15 is 0 Å². The zero-order valence-electron chi connectivity index (χ0n) is 9.72. The molecular weight excluding hydrogens is 158 g/mol. The summed E-state index contributed by atoms with van der Waals surface area (Å²) in [5, 5.41) is 0. The minimum Gasteiger partial charge on any atom is -0.287 e. The van der Waals surface area contributed by atoms with Gasteiger partial charge in [0, 0.05) is 12.1 Å². The van der Waals surface area contributed by atoms with Gasteiger partial charge >= 0.3 is 0 Å². The molecule has 1 heteroatoms. The third kappa shape index (κ3) is 4.33. The molecule has 2 unspecified atom stereocenters. The summed E-state index contributed by atoms with van der Waals surface area (Å²) in [6.07, 6.45) is 2.41. The highest BCUT2D eigenvalue weighted by atomic mass is 15.2. The van der Waals surface area contributed by atoms with Crippen LogP contribution in [0.25, 0.3) is 0 Å². The molecule has 76 valence electrons. The van der Waals surface area contributed by atoms with Crippen LogP contribution in [0.4, 0.5) is 0 Å². The Balaban J connectivity index is 4.22. The van der Waals surface area contributed by atoms with Crippen LogP contribution in [0.1, 0.15) is 47.5 Å². The largest absolute Gasteiger partial charge is 0.287 e. The standard InChI is InChI=1S/C12H23N/c1-6-9-10-13(11(4)7-2)12(5)8-3/h11-12H,7-8,10H2,1-5H3. The van der Waals surface area contributed by atoms with Gasteiger partial charge in [0.25, 0.3) is 0 Å². The van der Waals surface area contributed by atoms with Crippen LogP contribution in [-0.2, 0) is 0 Å². The first-order chi connectivity index (χ1) is 6.17. The Bertz CT molecular complexity index is 165. The molecule has 2 atom stereocenters. The monoisotopic (exact) mass is 181 g/mol. The van der Waals surface area contributed by atoms with Gasteiger partial charge in [-0.05, 0) is 33.6 Å². The van der Waals surface area contributed by atoms with Gasteiger partial charge in [-0.3, -0.25) is 4.90 Å². The first-order valence-electron chi connectivity index (χ1n) is 5.32. The van der Waals surface area contributed by atoms with Crippen LogP contribution in [0.15, 0.2) is 0 Å². The summed E-state index contributed by atoms with van der Waals surface area (Å²) in [5.41, 5.74) is 0. The van der Waals surface area contributed by atoms with Gasteiger partial charge in [0.1, 0.15) is 0 Å². The van der Waals surface area contributed by atoms with Gasteiger partial charge in [0.15, 0.2) is 0 Å². The third-order valence-electron chi connectivity index (χ3n) is 2.75. The smallest absolute Gasteiger partial charge is 0.0606 e. The topological polar surface area (TPSA) is 3.24 Å². The predicted octanol–water partition coefficient (Wildman–Crippen LogP) is 2.91. The second-order valence-electron chi connectivity index (χ2n) is 3.61. The van der Waals surface area contributed by atoms with Crippen molar-refractivity contribution >= 4 is 0 Å². The molecule has 0 spiro atoms. The normalized spacial score (nSPS) is 14.9. The molecule has 0 rings (SSSR count). The fourth-order valence-corrected chi connectivity index (χ4v) is 1.39. The Kier molecular flexibility index (Phi) is 6.72. The fourth-order valence-electron chi connectivity index (χ4n) is 1.39. The quantitative estimate of drug-likeness (QED) is 0.589. The van der Waals surface area contributed by atoms with Gasteiger partial charge in [-0.1, -0.05) is 19.8 Å². The Hall–Kier alpha value is -0.480. The lowest BCUT2D eigenvalue weighted by atomic mass is 10.1. The zero-order chi connectivity index (χ0) is 10.3. The number of hydrogen-bond acceptors (Lipinski definition) is 1. The van der Waals surface area contributed by atoms with Crippen LogP contribution >= 0.6 is 0 Å². The Morgan fingerprint density at radius 3 is 1.85 bits per heavy atom. The van der Waals surface area contributed by atoms with E-state index in [9.17, 15) is 0 Å². The summed E-state index contributed by atoms with van der Waals surface area (Å²) >= 11 is 0. The van der Waals surface area contributed by atoms with Gasteiger partial charge in [-0.15, -0.1) is 5.92 Å². The molecular formula is C12H23N. The van der Waals surface area contributed by atoms with Gasteiger partial charge in [0.05, 0.1) is 6.54 Å². The SMILES string of the molecule is CC#CCN(C(C)CC)C(C)CC. The van der Waals surface area contributed by atoms with Gasteiger partial charge < -0.3 is 0 Å². The van der Waals surface area contributed by atoms with Crippen molar-refractivity contribution in [3.63, 3.8) is 0 Å². The highest BCUT2D eigenvalue weighted by Gasteiger charge is 2.15. The second-order valence-corrected chi connectivity index (χ2v) is 3.61. The van der Waals surface area contributed by atoms with Crippen molar-refractivity contribution in [2.24, 2.45) is 0 Å². The summed E-state index contributed by atoms with van der Waals surface area (Å²) in [7, 11) is 0. The van der Waals surface area contributed by atoms with E-state index in [1.54, 1.807) is 0 Å². The molecule has 0 amide bonds. The number of nitrogens with zero attached hydrogens (tertiary/aromatic N) is 1. The van der Waals surface area contributed by atoms with E-state index in [2.05, 4.69) is 44.4 Å². The summed E-state index contributed by atoms with van der Waals surface area (Å²) in [5.74, 6) is 6.12. The first-order valence-corrected chi connectivity index (χ1v) is 5.32. The van der Waals surface area contributed by atoms with Crippen molar-refractivity contribution in [2.45, 2.75) is 59.5 Å². The van der Waals surface area contributed by atoms with Crippen LogP contribution in [0, 0.1) is 11.8 Å². The third-order valence-corrected chi connectivity index (χ3v) is 2.75. The van der Waals surface area contributed by atoms with Crippen molar-refractivity contribution in [3.05, 3.63) is 0 Å². The van der Waals surface area contributed by atoms with E-state index in [1.807, 2.05) is 6.92 Å². The molecule has 0 bridgehead atoms. The fraction of sp³-hybridized carbons (Fsp3) is 0.833. The van der Waals surface area contributed by atoms with E-state index in [0.717, 1.165) is 6.54 Å². The Morgan fingerprint density at radius 2 is 1.54 bits per heavy atom. The van der Waals surface area contributed by atoms with Gasteiger partial charge in [0.2, 0.25) is 0 Å². The second kappa shape index (κ2) is 6.97. The molecule has 0 fully saturated rings. The predicted molar refractivity (Wildman–Crippen MR) is 59.7 cm³/mol. The molecule has 0 aromatic rings.